The number of ether oxygens (including phenoxy) is 5. The monoisotopic (exact) mass is 641 g/mol. The van der Waals surface area contributed by atoms with E-state index in [4.69, 9.17) is 23.7 Å². The number of fused-ring (bicyclic) bond motifs is 1. The van der Waals surface area contributed by atoms with E-state index in [1.54, 1.807) is 32.1 Å². The first-order valence-electron chi connectivity index (χ1n) is 15.7. The minimum absolute atomic E-state index is 0.0828. The lowest BCUT2D eigenvalue weighted by molar-refractivity contribution is -0.411. The molecule has 5 aliphatic rings. The van der Waals surface area contributed by atoms with Crippen LogP contribution in [0.3, 0.4) is 0 Å². The summed E-state index contributed by atoms with van der Waals surface area (Å²) < 4.78 is 30.9. The molecule has 12 nitrogen and oxygen atoms in total. The van der Waals surface area contributed by atoms with Crippen molar-refractivity contribution in [3.8, 4) is 0 Å². The minimum Gasteiger partial charge on any atom is -0.461 e. The largest absolute Gasteiger partial charge is 0.461 e. The van der Waals surface area contributed by atoms with Crippen molar-refractivity contribution in [2.45, 2.75) is 96.1 Å². The lowest BCUT2D eigenvalue weighted by atomic mass is 9.52. The predicted octanol–water partition coefficient (Wildman–Crippen LogP) is 3.06. The summed E-state index contributed by atoms with van der Waals surface area (Å²) in [7, 11) is 0. The molecule has 2 N–H and O–H groups in total. The third-order valence-corrected chi connectivity index (χ3v) is 10.3. The van der Waals surface area contributed by atoms with Crippen molar-refractivity contribution in [3.05, 3.63) is 54.4 Å². The number of esters is 4. The SMILES string of the molecule is C=C(C)[C@@H]1C=C[C@H](OC(C)=O)[C@]23CO[C@@](O)([C@]4(OC(C)=O)C[C@@H](C)[C@@H](OC(=O)CCC)[C@H]4[C@@H]2OC(=O)c2cccnc2)[C@](C)(O)[C@@H]13. The summed E-state index contributed by atoms with van der Waals surface area (Å²) in [6.07, 6.45) is 2.97. The fourth-order valence-electron chi connectivity index (χ4n) is 8.76. The maximum atomic E-state index is 14.0. The molecule has 4 fully saturated rings. The second-order valence-corrected chi connectivity index (χ2v) is 13.4. The van der Waals surface area contributed by atoms with Crippen LogP contribution in [0.25, 0.3) is 0 Å². The number of pyridine rings is 1. The van der Waals surface area contributed by atoms with Crippen molar-refractivity contribution in [2.24, 2.45) is 29.1 Å². The van der Waals surface area contributed by atoms with E-state index in [0.717, 1.165) is 6.92 Å². The van der Waals surface area contributed by atoms with Crippen LogP contribution in [0.4, 0.5) is 0 Å². The van der Waals surface area contributed by atoms with Crippen LogP contribution in [-0.4, -0.2) is 81.0 Å². The molecule has 0 unspecified atom stereocenters. The molecular formula is C34H43NO11. The number of carbonyl (C=O) groups excluding carboxylic acids is 4. The average Bonchev–Trinajstić information content (AvgIpc) is 3.18. The topological polar surface area (TPSA) is 168 Å². The van der Waals surface area contributed by atoms with Crippen LogP contribution in [0.5, 0.6) is 0 Å². The van der Waals surface area contributed by atoms with Gasteiger partial charge in [0.05, 0.1) is 23.5 Å². The van der Waals surface area contributed by atoms with E-state index >= 15 is 0 Å². The smallest absolute Gasteiger partial charge is 0.340 e. The van der Waals surface area contributed by atoms with E-state index in [1.807, 2.05) is 6.92 Å². The molecule has 2 aliphatic heterocycles. The molecule has 0 aromatic carbocycles. The van der Waals surface area contributed by atoms with Gasteiger partial charge in [0.1, 0.15) is 23.9 Å². The molecule has 46 heavy (non-hydrogen) atoms. The zero-order chi connectivity index (χ0) is 33.8. The predicted molar refractivity (Wildman–Crippen MR) is 160 cm³/mol. The molecule has 2 saturated carbocycles. The van der Waals surface area contributed by atoms with E-state index in [0.29, 0.717) is 12.0 Å². The lowest BCUT2D eigenvalue weighted by Crippen LogP contribution is -2.77. The molecule has 2 bridgehead atoms. The van der Waals surface area contributed by atoms with Gasteiger partial charge in [0.2, 0.25) is 5.79 Å². The van der Waals surface area contributed by atoms with Gasteiger partial charge >= 0.3 is 23.9 Å². The first-order chi connectivity index (χ1) is 21.6. The Labute approximate surface area is 268 Å². The van der Waals surface area contributed by atoms with E-state index in [2.05, 4.69) is 11.6 Å². The number of rotatable bonds is 8. The highest BCUT2D eigenvalue weighted by atomic mass is 16.7. The van der Waals surface area contributed by atoms with Crippen molar-refractivity contribution >= 4 is 23.9 Å². The van der Waals surface area contributed by atoms with Crippen molar-refractivity contribution in [1.29, 1.82) is 0 Å². The van der Waals surface area contributed by atoms with Gasteiger partial charge in [-0.05, 0) is 50.8 Å². The fraction of sp³-hybridized carbons (Fsp3) is 0.618. The normalized spacial score (nSPS) is 40.6. The molecule has 250 valence electrons. The molecule has 1 spiro atoms. The third-order valence-electron chi connectivity index (χ3n) is 10.3. The van der Waals surface area contributed by atoms with Gasteiger partial charge in [0.25, 0.3) is 0 Å². The van der Waals surface area contributed by atoms with Crippen LogP contribution >= 0.6 is 0 Å². The molecule has 6 rings (SSSR count). The molecule has 11 atom stereocenters. The molecule has 0 radical (unpaired) electrons. The number of aliphatic hydroxyl groups is 2. The number of hydrogen-bond donors (Lipinski definition) is 2. The summed E-state index contributed by atoms with van der Waals surface area (Å²) in [5.41, 5.74) is -5.26. The van der Waals surface area contributed by atoms with Gasteiger partial charge in [0.15, 0.2) is 5.60 Å². The van der Waals surface area contributed by atoms with Crippen LogP contribution in [0.1, 0.15) is 71.2 Å². The summed E-state index contributed by atoms with van der Waals surface area (Å²) >= 11 is 0. The van der Waals surface area contributed by atoms with Crippen LogP contribution in [0.2, 0.25) is 0 Å². The second-order valence-electron chi connectivity index (χ2n) is 13.4. The summed E-state index contributed by atoms with van der Waals surface area (Å²) in [6.45, 7) is 12.8. The average molecular weight is 642 g/mol. The van der Waals surface area contributed by atoms with E-state index in [1.165, 1.54) is 32.3 Å². The zero-order valence-corrected chi connectivity index (χ0v) is 27.1. The van der Waals surface area contributed by atoms with Crippen LogP contribution < -0.4 is 0 Å². The van der Waals surface area contributed by atoms with Crippen LogP contribution in [-0.2, 0) is 38.1 Å². The van der Waals surface area contributed by atoms with Crippen molar-refractivity contribution < 1.29 is 53.1 Å². The van der Waals surface area contributed by atoms with E-state index < -0.39 is 94.9 Å². The summed E-state index contributed by atoms with van der Waals surface area (Å²) in [6, 6.07) is 3.07. The maximum absolute atomic E-state index is 14.0. The van der Waals surface area contributed by atoms with Gasteiger partial charge in [0, 0.05) is 44.5 Å². The highest BCUT2D eigenvalue weighted by Gasteiger charge is 2.86. The summed E-state index contributed by atoms with van der Waals surface area (Å²) in [5, 5.41) is 25.6. The van der Waals surface area contributed by atoms with E-state index in [9.17, 15) is 29.4 Å². The van der Waals surface area contributed by atoms with Crippen molar-refractivity contribution in [1.82, 2.24) is 4.98 Å². The molecule has 3 heterocycles. The number of aromatic nitrogens is 1. The van der Waals surface area contributed by atoms with E-state index in [-0.39, 0.29) is 18.4 Å². The molecule has 1 aromatic heterocycles. The zero-order valence-electron chi connectivity index (χ0n) is 27.1. The van der Waals surface area contributed by atoms with Crippen molar-refractivity contribution in [2.75, 3.05) is 6.61 Å². The van der Waals surface area contributed by atoms with Gasteiger partial charge in [-0.3, -0.25) is 19.4 Å². The lowest BCUT2D eigenvalue weighted by Gasteiger charge is -2.62. The summed E-state index contributed by atoms with van der Waals surface area (Å²) in [4.78, 5) is 56.8. The molecule has 0 amide bonds. The molecule has 1 aromatic rings. The second kappa shape index (κ2) is 11.9. The highest BCUT2D eigenvalue weighted by molar-refractivity contribution is 5.89. The first-order valence-corrected chi connectivity index (χ1v) is 15.7. The number of allylic oxidation sites excluding steroid dienone is 2. The van der Waals surface area contributed by atoms with Gasteiger partial charge in [-0.25, -0.2) is 4.79 Å². The summed E-state index contributed by atoms with van der Waals surface area (Å²) in [5.74, 6) is -9.02. The Morgan fingerprint density at radius 3 is 2.39 bits per heavy atom. The molecule has 2 saturated heterocycles. The van der Waals surface area contributed by atoms with Gasteiger partial charge < -0.3 is 33.9 Å². The Bertz CT molecular complexity index is 1440. The Morgan fingerprint density at radius 2 is 1.80 bits per heavy atom. The van der Waals surface area contributed by atoms with Crippen molar-refractivity contribution in [3.63, 3.8) is 0 Å². The highest BCUT2D eigenvalue weighted by Crippen LogP contribution is 2.70. The Morgan fingerprint density at radius 1 is 1.09 bits per heavy atom. The van der Waals surface area contributed by atoms with Gasteiger partial charge in [-0.15, -0.1) is 0 Å². The molecule has 12 heteroatoms. The van der Waals surface area contributed by atoms with Gasteiger partial charge in [-0.2, -0.15) is 0 Å². The Hall–Kier alpha value is -3.61. The minimum atomic E-state index is -2.61. The first kappa shape index (κ1) is 33.7. The Balaban J connectivity index is 1.87. The number of hydrogen-bond acceptors (Lipinski definition) is 12. The third kappa shape index (κ3) is 4.87. The van der Waals surface area contributed by atoms with Gasteiger partial charge in [-0.1, -0.05) is 32.1 Å². The fourth-order valence-corrected chi connectivity index (χ4v) is 8.76. The standard InChI is InChI=1S/C34H43NO11/c1-8-10-25(38)44-27-19(4)15-33(46-21(6)37)26(27)29(45-30(39)22-11-9-14-35-16-22)32-17-42-34(33,41)31(7,40)28(32)23(18(2)3)12-13-24(32)43-20(5)36/h9,11-14,16,19,23-24,26-29,40-41H,2,8,10,15,17H2,1,3-7H3/t19-,23+,24+,26+,27-,28-,29+,31-,32+,33+,34-/m1/s1. The number of carbonyl (C=O) groups is 4. The maximum Gasteiger partial charge on any atom is 0.340 e. The molecule has 3 aliphatic carbocycles. The molecular weight excluding hydrogens is 598 g/mol. The van der Waals surface area contributed by atoms with Crippen LogP contribution in [0.15, 0.2) is 48.8 Å². The quantitative estimate of drug-likeness (QED) is 0.242. The number of nitrogens with zero attached hydrogens (tertiary/aromatic N) is 1. The van der Waals surface area contributed by atoms with Crippen LogP contribution in [0, 0.1) is 29.1 Å². The Kier molecular flexibility index (Phi) is 8.71.